The van der Waals surface area contributed by atoms with Gasteiger partial charge in [-0.25, -0.2) is 4.98 Å². The predicted octanol–water partition coefficient (Wildman–Crippen LogP) is 2.76. The highest BCUT2D eigenvalue weighted by molar-refractivity contribution is 5.92. The second kappa shape index (κ2) is 11.5. The van der Waals surface area contributed by atoms with Crippen LogP contribution in [0.3, 0.4) is 0 Å². The Balaban J connectivity index is 2.67. The maximum Gasteiger partial charge on any atom is 0.274 e. The Kier molecular flexibility index (Phi) is 9.65. The molecule has 0 spiro atoms. The van der Waals surface area contributed by atoms with E-state index in [2.05, 4.69) is 16.9 Å². The topological polar surface area (TPSA) is 66.4 Å². The van der Waals surface area contributed by atoms with Gasteiger partial charge in [0, 0.05) is 45.0 Å². The average molecular weight is 334 g/mol. The SMILES string of the molecule is CCCCCCN(CCC(=O)N(CC)CC)C(=O)c1cnccn1. The lowest BCUT2D eigenvalue weighted by Crippen LogP contribution is -2.38. The van der Waals surface area contributed by atoms with E-state index in [1.807, 2.05) is 13.8 Å². The van der Waals surface area contributed by atoms with Crippen LogP contribution in [0.2, 0.25) is 0 Å². The molecular formula is C18H30N4O2. The van der Waals surface area contributed by atoms with Crippen LogP contribution in [-0.2, 0) is 4.79 Å². The fraction of sp³-hybridized carbons (Fsp3) is 0.667. The molecule has 2 amide bonds. The number of carbonyl (C=O) groups is 2. The first kappa shape index (κ1) is 20.1. The van der Waals surface area contributed by atoms with Crippen molar-refractivity contribution in [2.24, 2.45) is 0 Å². The zero-order valence-electron chi connectivity index (χ0n) is 15.2. The number of hydrogen-bond acceptors (Lipinski definition) is 4. The van der Waals surface area contributed by atoms with Crippen molar-refractivity contribution in [1.82, 2.24) is 19.8 Å². The zero-order valence-corrected chi connectivity index (χ0v) is 15.2. The average Bonchev–Trinajstić information content (AvgIpc) is 2.62. The Labute approximate surface area is 145 Å². The van der Waals surface area contributed by atoms with E-state index in [0.29, 0.717) is 38.3 Å². The largest absolute Gasteiger partial charge is 0.343 e. The summed E-state index contributed by atoms with van der Waals surface area (Å²) in [5.74, 6) is -0.0579. The smallest absolute Gasteiger partial charge is 0.274 e. The van der Waals surface area contributed by atoms with Crippen molar-refractivity contribution in [1.29, 1.82) is 0 Å². The minimum Gasteiger partial charge on any atom is -0.343 e. The molecule has 6 heteroatoms. The maximum absolute atomic E-state index is 12.6. The van der Waals surface area contributed by atoms with Crippen molar-refractivity contribution in [3.05, 3.63) is 24.3 Å². The summed E-state index contributed by atoms with van der Waals surface area (Å²) < 4.78 is 0. The molecule has 0 N–H and O–H groups in total. The molecule has 1 heterocycles. The van der Waals surface area contributed by atoms with E-state index >= 15 is 0 Å². The summed E-state index contributed by atoms with van der Waals surface area (Å²) in [7, 11) is 0. The maximum atomic E-state index is 12.6. The fourth-order valence-corrected chi connectivity index (χ4v) is 2.58. The number of aromatic nitrogens is 2. The van der Waals surface area contributed by atoms with Crippen molar-refractivity contribution in [2.45, 2.75) is 52.9 Å². The molecule has 0 atom stereocenters. The van der Waals surface area contributed by atoms with Gasteiger partial charge in [0.25, 0.3) is 5.91 Å². The quantitative estimate of drug-likeness (QED) is 0.584. The number of carbonyl (C=O) groups excluding carboxylic acids is 2. The van der Waals surface area contributed by atoms with Crippen molar-refractivity contribution in [3.8, 4) is 0 Å². The lowest BCUT2D eigenvalue weighted by molar-refractivity contribution is -0.131. The number of hydrogen-bond donors (Lipinski definition) is 0. The summed E-state index contributed by atoms with van der Waals surface area (Å²) in [6.45, 7) is 8.57. The Hall–Kier alpha value is -1.98. The minimum atomic E-state index is -0.146. The molecule has 0 bridgehead atoms. The Bertz CT molecular complexity index is 489. The van der Waals surface area contributed by atoms with E-state index in [1.54, 1.807) is 16.0 Å². The van der Waals surface area contributed by atoms with E-state index < -0.39 is 0 Å². The van der Waals surface area contributed by atoms with Gasteiger partial charge in [0.15, 0.2) is 0 Å². The summed E-state index contributed by atoms with van der Waals surface area (Å²) in [5, 5.41) is 0. The van der Waals surface area contributed by atoms with Crippen LogP contribution in [0.25, 0.3) is 0 Å². The van der Waals surface area contributed by atoms with Crippen LogP contribution in [0.4, 0.5) is 0 Å². The Morgan fingerprint density at radius 1 is 0.958 bits per heavy atom. The van der Waals surface area contributed by atoms with Gasteiger partial charge < -0.3 is 9.80 Å². The molecule has 0 saturated carbocycles. The van der Waals surface area contributed by atoms with Gasteiger partial charge >= 0.3 is 0 Å². The zero-order chi connectivity index (χ0) is 17.8. The summed E-state index contributed by atoms with van der Waals surface area (Å²) in [6.07, 6.45) is 9.24. The van der Waals surface area contributed by atoms with Gasteiger partial charge in [-0.15, -0.1) is 0 Å². The van der Waals surface area contributed by atoms with E-state index in [4.69, 9.17) is 0 Å². The molecule has 0 aliphatic heterocycles. The Morgan fingerprint density at radius 2 is 1.71 bits per heavy atom. The summed E-state index contributed by atoms with van der Waals surface area (Å²) >= 11 is 0. The molecule has 0 aromatic carbocycles. The van der Waals surface area contributed by atoms with Crippen LogP contribution in [0.15, 0.2) is 18.6 Å². The van der Waals surface area contributed by atoms with Crippen molar-refractivity contribution >= 4 is 11.8 Å². The second-order valence-corrected chi connectivity index (χ2v) is 5.76. The normalized spacial score (nSPS) is 10.5. The molecule has 1 aromatic heterocycles. The van der Waals surface area contributed by atoms with Crippen molar-refractivity contribution < 1.29 is 9.59 Å². The number of amides is 2. The molecule has 0 fully saturated rings. The third-order valence-corrected chi connectivity index (χ3v) is 4.06. The molecule has 1 rings (SSSR count). The van der Waals surface area contributed by atoms with Crippen LogP contribution < -0.4 is 0 Å². The van der Waals surface area contributed by atoms with E-state index in [1.165, 1.54) is 12.4 Å². The van der Waals surface area contributed by atoms with Crippen LogP contribution in [-0.4, -0.2) is 57.8 Å². The standard InChI is InChI=1S/C18H30N4O2/c1-4-7-8-9-13-22(14-10-17(23)21(5-2)6-3)18(24)16-15-19-11-12-20-16/h11-12,15H,4-10,13-14H2,1-3H3. The molecule has 0 aliphatic carbocycles. The van der Waals surface area contributed by atoms with Gasteiger partial charge in [-0.05, 0) is 20.3 Å². The molecule has 0 saturated heterocycles. The summed E-state index contributed by atoms with van der Waals surface area (Å²) in [6, 6.07) is 0. The lowest BCUT2D eigenvalue weighted by atomic mass is 10.2. The van der Waals surface area contributed by atoms with Crippen LogP contribution >= 0.6 is 0 Å². The summed E-state index contributed by atoms with van der Waals surface area (Å²) in [4.78, 5) is 36.4. The molecule has 1 aromatic rings. The van der Waals surface area contributed by atoms with Gasteiger partial charge in [0.05, 0.1) is 6.20 Å². The minimum absolute atomic E-state index is 0.0884. The number of unbranched alkanes of at least 4 members (excludes halogenated alkanes) is 3. The number of nitrogens with zero attached hydrogens (tertiary/aromatic N) is 4. The highest BCUT2D eigenvalue weighted by atomic mass is 16.2. The van der Waals surface area contributed by atoms with Crippen LogP contribution in [0.1, 0.15) is 63.4 Å². The highest BCUT2D eigenvalue weighted by Crippen LogP contribution is 2.07. The van der Waals surface area contributed by atoms with Crippen LogP contribution in [0, 0.1) is 0 Å². The third-order valence-electron chi connectivity index (χ3n) is 4.06. The van der Waals surface area contributed by atoms with Gasteiger partial charge in [-0.1, -0.05) is 26.2 Å². The van der Waals surface area contributed by atoms with Crippen molar-refractivity contribution in [3.63, 3.8) is 0 Å². The summed E-state index contributed by atoms with van der Waals surface area (Å²) in [5.41, 5.74) is 0.336. The van der Waals surface area contributed by atoms with Crippen molar-refractivity contribution in [2.75, 3.05) is 26.2 Å². The van der Waals surface area contributed by atoms with E-state index in [0.717, 1.165) is 25.7 Å². The monoisotopic (exact) mass is 334 g/mol. The first-order valence-corrected chi connectivity index (χ1v) is 8.97. The van der Waals surface area contributed by atoms with Gasteiger partial charge in [0.2, 0.25) is 5.91 Å². The third kappa shape index (κ3) is 6.64. The predicted molar refractivity (Wildman–Crippen MR) is 94.6 cm³/mol. The lowest BCUT2D eigenvalue weighted by Gasteiger charge is -2.24. The van der Waals surface area contributed by atoms with E-state index in [-0.39, 0.29) is 11.8 Å². The van der Waals surface area contributed by atoms with Crippen LogP contribution in [0.5, 0.6) is 0 Å². The first-order valence-electron chi connectivity index (χ1n) is 8.97. The van der Waals surface area contributed by atoms with Gasteiger partial charge in [0.1, 0.15) is 5.69 Å². The second-order valence-electron chi connectivity index (χ2n) is 5.76. The molecule has 0 aliphatic rings. The molecule has 0 radical (unpaired) electrons. The van der Waals surface area contributed by atoms with E-state index in [9.17, 15) is 9.59 Å². The number of rotatable bonds is 11. The molecule has 134 valence electrons. The molecule has 0 unspecified atom stereocenters. The highest BCUT2D eigenvalue weighted by Gasteiger charge is 2.19. The first-order chi connectivity index (χ1) is 11.6. The Morgan fingerprint density at radius 3 is 2.29 bits per heavy atom. The van der Waals surface area contributed by atoms with Gasteiger partial charge in [-0.2, -0.15) is 0 Å². The molecule has 24 heavy (non-hydrogen) atoms. The molecular weight excluding hydrogens is 304 g/mol. The molecule has 6 nitrogen and oxygen atoms in total. The van der Waals surface area contributed by atoms with Gasteiger partial charge in [-0.3, -0.25) is 14.6 Å². The fourth-order valence-electron chi connectivity index (χ4n) is 2.58.